The first kappa shape index (κ1) is 14.4. The molecule has 1 aliphatic carbocycles. The maximum atomic E-state index is 13.3. The van der Waals surface area contributed by atoms with Gasteiger partial charge in [0.1, 0.15) is 11.6 Å². The number of halogens is 2. The van der Waals surface area contributed by atoms with Crippen molar-refractivity contribution >= 4 is 0 Å². The molecule has 0 bridgehead atoms. The second-order valence-corrected chi connectivity index (χ2v) is 5.94. The van der Waals surface area contributed by atoms with Crippen LogP contribution in [0.25, 0.3) is 0 Å². The number of aliphatic hydroxyl groups is 1. The van der Waals surface area contributed by atoms with Crippen molar-refractivity contribution in [3.63, 3.8) is 0 Å². The van der Waals surface area contributed by atoms with E-state index in [1.807, 2.05) is 0 Å². The molecule has 2 rings (SSSR count). The van der Waals surface area contributed by atoms with Gasteiger partial charge in [0.05, 0.1) is 5.60 Å². The topological polar surface area (TPSA) is 20.2 Å². The molecule has 1 aromatic rings. The molecular formula is C16H22F2O. The van der Waals surface area contributed by atoms with Crippen molar-refractivity contribution in [3.8, 4) is 0 Å². The molecule has 1 aliphatic rings. The molecule has 1 aromatic carbocycles. The Morgan fingerprint density at radius 2 is 1.84 bits per heavy atom. The first-order valence-corrected chi connectivity index (χ1v) is 7.12. The largest absolute Gasteiger partial charge is 0.385 e. The second-order valence-electron chi connectivity index (χ2n) is 5.94. The van der Waals surface area contributed by atoms with Crippen LogP contribution in [0.5, 0.6) is 0 Å². The normalized spacial score (nSPS) is 27.0. The molecule has 0 aromatic heterocycles. The van der Waals surface area contributed by atoms with Crippen molar-refractivity contribution in [2.45, 2.75) is 51.6 Å². The summed E-state index contributed by atoms with van der Waals surface area (Å²) in [5.41, 5.74) is -0.802. The molecule has 0 aliphatic heterocycles. The maximum Gasteiger partial charge on any atom is 0.126 e. The van der Waals surface area contributed by atoms with Crippen molar-refractivity contribution in [2.24, 2.45) is 11.8 Å². The summed E-state index contributed by atoms with van der Waals surface area (Å²) in [5.74, 6) is -0.563. The molecule has 0 saturated heterocycles. The van der Waals surface area contributed by atoms with Crippen LogP contribution in [0.4, 0.5) is 8.78 Å². The minimum absolute atomic E-state index is 0.0763. The maximum absolute atomic E-state index is 13.3. The second kappa shape index (κ2) is 5.58. The fraction of sp³-hybridized carbons (Fsp3) is 0.625. The van der Waals surface area contributed by atoms with Crippen LogP contribution in [-0.2, 0) is 5.60 Å². The summed E-state index contributed by atoms with van der Waals surface area (Å²) in [7, 11) is 0. The van der Waals surface area contributed by atoms with Gasteiger partial charge in [-0.2, -0.15) is 0 Å². The molecule has 0 heterocycles. The zero-order chi connectivity index (χ0) is 14.0. The third-order valence-corrected chi connectivity index (χ3v) is 4.60. The van der Waals surface area contributed by atoms with Gasteiger partial charge in [-0.15, -0.1) is 0 Å². The molecule has 0 radical (unpaired) electrons. The molecule has 1 nitrogen and oxygen atoms in total. The van der Waals surface area contributed by atoms with Crippen LogP contribution in [0.1, 0.15) is 51.5 Å². The van der Waals surface area contributed by atoms with Crippen LogP contribution in [0.2, 0.25) is 0 Å². The number of benzene rings is 1. The van der Waals surface area contributed by atoms with Gasteiger partial charge in [0.25, 0.3) is 0 Å². The molecule has 19 heavy (non-hydrogen) atoms. The Kier molecular flexibility index (Phi) is 4.24. The third-order valence-electron chi connectivity index (χ3n) is 4.60. The van der Waals surface area contributed by atoms with Gasteiger partial charge in [-0.3, -0.25) is 0 Å². The number of hydrogen-bond acceptors (Lipinski definition) is 1. The van der Waals surface area contributed by atoms with Gasteiger partial charge in [0.2, 0.25) is 0 Å². The van der Waals surface area contributed by atoms with Gasteiger partial charge >= 0.3 is 0 Å². The highest BCUT2D eigenvalue weighted by Crippen LogP contribution is 2.42. The lowest BCUT2D eigenvalue weighted by atomic mass is 9.70. The highest BCUT2D eigenvalue weighted by molar-refractivity contribution is 5.24. The Bertz CT molecular complexity index is 422. The smallest absolute Gasteiger partial charge is 0.126 e. The quantitative estimate of drug-likeness (QED) is 0.862. The number of rotatable bonds is 3. The molecule has 3 heteroatoms. The monoisotopic (exact) mass is 268 g/mol. The van der Waals surface area contributed by atoms with Gasteiger partial charge < -0.3 is 5.11 Å². The summed E-state index contributed by atoms with van der Waals surface area (Å²) in [4.78, 5) is 0. The summed E-state index contributed by atoms with van der Waals surface area (Å²) in [6.07, 6.45) is 5.23. The highest BCUT2D eigenvalue weighted by atomic mass is 19.1. The van der Waals surface area contributed by atoms with Gasteiger partial charge in [-0.05, 0) is 49.3 Å². The molecule has 1 fully saturated rings. The molecule has 1 saturated carbocycles. The Hall–Kier alpha value is -0.960. The zero-order valence-corrected chi connectivity index (χ0v) is 11.6. The number of hydrogen-bond donors (Lipinski definition) is 1. The first-order chi connectivity index (χ1) is 8.93. The standard InChI is InChI=1S/C16H22F2O/c1-3-11-5-4-6-12(7-11)16(2,19)13-8-14(17)10-15(18)9-13/h8-12,19H,3-7H2,1-2H3. The van der Waals surface area contributed by atoms with Gasteiger partial charge in [0, 0.05) is 6.07 Å². The molecule has 1 N–H and O–H groups in total. The Morgan fingerprint density at radius 3 is 2.42 bits per heavy atom. The minimum Gasteiger partial charge on any atom is -0.385 e. The van der Waals surface area contributed by atoms with Crippen molar-refractivity contribution in [2.75, 3.05) is 0 Å². The lowest BCUT2D eigenvalue weighted by molar-refractivity contribution is -0.0316. The zero-order valence-electron chi connectivity index (χ0n) is 11.6. The van der Waals surface area contributed by atoms with Crippen molar-refractivity contribution in [1.82, 2.24) is 0 Å². The lowest BCUT2D eigenvalue weighted by Gasteiger charge is -2.39. The van der Waals surface area contributed by atoms with E-state index >= 15 is 0 Å². The Morgan fingerprint density at radius 1 is 1.21 bits per heavy atom. The predicted octanol–water partition coefficient (Wildman–Crippen LogP) is 4.39. The summed E-state index contributed by atoms with van der Waals surface area (Å²) in [6.45, 7) is 3.84. The lowest BCUT2D eigenvalue weighted by Crippen LogP contribution is -2.35. The molecule has 3 atom stereocenters. The van der Waals surface area contributed by atoms with E-state index in [0.29, 0.717) is 11.5 Å². The predicted molar refractivity (Wildman–Crippen MR) is 71.7 cm³/mol. The highest BCUT2D eigenvalue weighted by Gasteiger charge is 2.37. The molecule has 0 spiro atoms. The fourth-order valence-corrected chi connectivity index (χ4v) is 3.25. The molecular weight excluding hydrogens is 246 g/mol. The van der Waals surface area contributed by atoms with E-state index in [0.717, 1.165) is 31.7 Å². The first-order valence-electron chi connectivity index (χ1n) is 7.12. The van der Waals surface area contributed by atoms with Gasteiger partial charge in [-0.25, -0.2) is 8.78 Å². The Balaban J connectivity index is 2.25. The van der Waals surface area contributed by atoms with Gasteiger partial charge in [0.15, 0.2) is 0 Å². The minimum atomic E-state index is -1.16. The van der Waals surface area contributed by atoms with Crippen LogP contribution in [0, 0.1) is 23.5 Å². The Labute approximate surface area is 113 Å². The van der Waals surface area contributed by atoms with Crippen LogP contribution < -0.4 is 0 Å². The van der Waals surface area contributed by atoms with E-state index in [1.165, 1.54) is 18.6 Å². The van der Waals surface area contributed by atoms with Gasteiger partial charge in [-0.1, -0.05) is 26.2 Å². The van der Waals surface area contributed by atoms with E-state index in [2.05, 4.69) is 6.92 Å². The van der Waals surface area contributed by atoms with E-state index < -0.39 is 17.2 Å². The molecule has 106 valence electrons. The van der Waals surface area contributed by atoms with Crippen LogP contribution in [0.3, 0.4) is 0 Å². The molecule has 3 unspecified atom stereocenters. The van der Waals surface area contributed by atoms with E-state index in [4.69, 9.17) is 0 Å². The summed E-state index contributed by atoms with van der Waals surface area (Å²) in [6, 6.07) is 3.34. The van der Waals surface area contributed by atoms with Crippen LogP contribution in [-0.4, -0.2) is 5.11 Å². The van der Waals surface area contributed by atoms with E-state index in [-0.39, 0.29) is 5.92 Å². The third kappa shape index (κ3) is 3.14. The average molecular weight is 268 g/mol. The van der Waals surface area contributed by atoms with Crippen molar-refractivity contribution < 1.29 is 13.9 Å². The molecule has 0 amide bonds. The van der Waals surface area contributed by atoms with Crippen LogP contribution in [0.15, 0.2) is 18.2 Å². The summed E-state index contributed by atoms with van der Waals surface area (Å²) >= 11 is 0. The van der Waals surface area contributed by atoms with E-state index in [9.17, 15) is 13.9 Å². The summed E-state index contributed by atoms with van der Waals surface area (Å²) in [5, 5.41) is 10.7. The van der Waals surface area contributed by atoms with Crippen molar-refractivity contribution in [1.29, 1.82) is 0 Å². The average Bonchev–Trinajstić information content (AvgIpc) is 2.37. The summed E-state index contributed by atoms with van der Waals surface area (Å²) < 4.78 is 26.6. The van der Waals surface area contributed by atoms with E-state index in [1.54, 1.807) is 6.92 Å². The SMILES string of the molecule is CCC1CCCC(C(C)(O)c2cc(F)cc(F)c2)C1. The van der Waals surface area contributed by atoms with Crippen molar-refractivity contribution in [3.05, 3.63) is 35.4 Å². The van der Waals surface area contributed by atoms with Crippen LogP contribution >= 0.6 is 0 Å². The fourth-order valence-electron chi connectivity index (χ4n) is 3.25.